The maximum absolute atomic E-state index is 13.4. The lowest BCUT2D eigenvalue weighted by atomic mass is 10.0. The summed E-state index contributed by atoms with van der Waals surface area (Å²) in [5.41, 5.74) is 6.32. The molecule has 3 N–H and O–H groups in total. The number of carbonyl (C=O) groups is 4. The van der Waals surface area contributed by atoms with Gasteiger partial charge in [-0.3, -0.25) is 19.2 Å². The van der Waals surface area contributed by atoms with E-state index in [0.29, 0.717) is 16.9 Å². The summed E-state index contributed by atoms with van der Waals surface area (Å²) in [7, 11) is 0. The van der Waals surface area contributed by atoms with Crippen LogP contribution in [0.5, 0.6) is 0 Å². The zero-order valence-corrected chi connectivity index (χ0v) is 25.3. The van der Waals surface area contributed by atoms with Crippen LogP contribution in [0.3, 0.4) is 0 Å². The van der Waals surface area contributed by atoms with E-state index in [9.17, 15) is 19.2 Å². The number of anilines is 2. The highest BCUT2D eigenvalue weighted by atomic mass is 16.2. The molecule has 46 heavy (non-hydrogen) atoms. The second-order valence-electron chi connectivity index (χ2n) is 10.8. The topological polar surface area (TPSA) is 104 Å². The molecule has 3 amide bonds. The molecule has 0 heterocycles. The lowest BCUT2D eigenvalue weighted by Crippen LogP contribution is -2.31. The molecule has 5 rings (SSSR count). The van der Waals surface area contributed by atoms with Gasteiger partial charge in [-0.1, -0.05) is 115 Å². The van der Waals surface area contributed by atoms with Crippen LogP contribution in [0.2, 0.25) is 0 Å². The summed E-state index contributed by atoms with van der Waals surface area (Å²) in [5, 5.41) is 8.14. The number of amides is 3. The third-order valence-electron chi connectivity index (χ3n) is 7.21. The number of aryl methyl sites for hydroxylation is 1. The fourth-order valence-electron chi connectivity index (χ4n) is 4.77. The van der Waals surface area contributed by atoms with Crippen LogP contribution in [-0.4, -0.2) is 30.0 Å². The Labute approximate surface area is 268 Å². The van der Waals surface area contributed by atoms with E-state index in [1.54, 1.807) is 42.5 Å². The SMILES string of the molecule is Cc1ccc(CC(=O)Nc2ccc(NC(=O)CNC(=O)/C=C/c3ccc(-c4ccccc4)cc3)cc2C(=O)c2ccccc2)cc1. The Morgan fingerprint density at radius 1 is 0.652 bits per heavy atom. The minimum Gasteiger partial charge on any atom is -0.343 e. The molecule has 7 heteroatoms. The van der Waals surface area contributed by atoms with Crippen molar-refractivity contribution in [3.05, 3.63) is 161 Å². The molecule has 0 unspecified atom stereocenters. The van der Waals surface area contributed by atoms with Crippen LogP contribution in [0.15, 0.2) is 133 Å². The van der Waals surface area contributed by atoms with Crippen molar-refractivity contribution in [1.29, 1.82) is 0 Å². The highest BCUT2D eigenvalue weighted by molar-refractivity contribution is 6.14. The summed E-state index contributed by atoms with van der Waals surface area (Å²) in [6.07, 6.45) is 3.19. The van der Waals surface area contributed by atoms with E-state index >= 15 is 0 Å². The van der Waals surface area contributed by atoms with E-state index in [1.807, 2.05) is 91.9 Å². The third-order valence-corrected chi connectivity index (χ3v) is 7.21. The fraction of sp³-hybridized carbons (Fsp3) is 0.0769. The van der Waals surface area contributed by atoms with E-state index in [-0.39, 0.29) is 30.2 Å². The summed E-state index contributed by atoms with van der Waals surface area (Å²) in [6, 6.07) is 38.9. The van der Waals surface area contributed by atoms with Gasteiger partial charge in [-0.15, -0.1) is 0 Å². The third kappa shape index (κ3) is 8.74. The molecule has 0 atom stereocenters. The van der Waals surface area contributed by atoms with Gasteiger partial charge in [0.25, 0.3) is 0 Å². The van der Waals surface area contributed by atoms with Crippen LogP contribution >= 0.6 is 0 Å². The molecule has 0 aromatic heterocycles. The van der Waals surface area contributed by atoms with Gasteiger partial charge in [0, 0.05) is 22.9 Å². The maximum atomic E-state index is 13.4. The van der Waals surface area contributed by atoms with Gasteiger partial charge in [-0.2, -0.15) is 0 Å². The monoisotopic (exact) mass is 607 g/mol. The van der Waals surface area contributed by atoms with Crippen molar-refractivity contribution in [2.24, 2.45) is 0 Å². The molecule has 0 saturated carbocycles. The maximum Gasteiger partial charge on any atom is 0.244 e. The van der Waals surface area contributed by atoms with Crippen LogP contribution in [-0.2, 0) is 20.8 Å². The first-order valence-corrected chi connectivity index (χ1v) is 14.8. The summed E-state index contributed by atoms with van der Waals surface area (Å²) >= 11 is 0. The van der Waals surface area contributed by atoms with Gasteiger partial charge in [0.15, 0.2) is 5.78 Å². The Balaban J connectivity index is 1.21. The summed E-state index contributed by atoms with van der Waals surface area (Å²) in [6.45, 7) is 1.71. The Morgan fingerprint density at radius 3 is 2.00 bits per heavy atom. The number of nitrogens with one attached hydrogen (secondary N) is 3. The molecule has 0 saturated heterocycles. The molecular weight excluding hydrogens is 574 g/mol. The largest absolute Gasteiger partial charge is 0.343 e. The quantitative estimate of drug-likeness (QED) is 0.113. The standard InChI is InChI=1S/C39H33N3O4/c1-27-12-14-29(15-13-27)24-37(44)42-35-22-21-33(25-34(35)39(46)32-10-6-3-7-11-32)41-38(45)26-40-36(43)23-18-28-16-19-31(20-17-28)30-8-4-2-5-9-30/h2-23,25H,24,26H2,1H3,(H,40,43)(H,41,45)(H,42,44)/b23-18+. The fourth-order valence-corrected chi connectivity index (χ4v) is 4.77. The van der Waals surface area contributed by atoms with Crippen molar-refractivity contribution in [1.82, 2.24) is 5.32 Å². The van der Waals surface area contributed by atoms with Crippen LogP contribution in [0, 0.1) is 6.92 Å². The van der Waals surface area contributed by atoms with Crippen molar-refractivity contribution < 1.29 is 19.2 Å². The molecule has 0 aliphatic rings. The molecule has 0 radical (unpaired) electrons. The second kappa shape index (κ2) is 15.1. The molecule has 5 aromatic carbocycles. The average Bonchev–Trinajstić information content (AvgIpc) is 3.09. The summed E-state index contributed by atoms with van der Waals surface area (Å²) in [4.78, 5) is 51.4. The van der Waals surface area contributed by atoms with E-state index in [1.165, 1.54) is 12.1 Å². The van der Waals surface area contributed by atoms with Gasteiger partial charge in [0.1, 0.15) is 0 Å². The first kappa shape index (κ1) is 31.3. The van der Waals surface area contributed by atoms with Crippen molar-refractivity contribution >= 4 is 41.0 Å². The van der Waals surface area contributed by atoms with Gasteiger partial charge in [0.2, 0.25) is 17.7 Å². The van der Waals surface area contributed by atoms with E-state index in [0.717, 1.165) is 27.8 Å². The van der Waals surface area contributed by atoms with Crippen molar-refractivity contribution in [2.45, 2.75) is 13.3 Å². The smallest absolute Gasteiger partial charge is 0.244 e. The zero-order valence-electron chi connectivity index (χ0n) is 25.3. The van der Waals surface area contributed by atoms with Crippen LogP contribution in [0.1, 0.15) is 32.6 Å². The molecule has 0 aliphatic heterocycles. The van der Waals surface area contributed by atoms with Crippen LogP contribution in [0.25, 0.3) is 17.2 Å². The molecular formula is C39H33N3O4. The molecule has 0 fully saturated rings. The molecule has 7 nitrogen and oxygen atoms in total. The normalized spacial score (nSPS) is 10.7. The molecule has 228 valence electrons. The predicted octanol–water partition coefficient (Wildman–Crippen LogP) is 6.84. The van der Waals surface area contributed by atoms with Gasteiger partial charge in [-0.05, 0) is 53.5 Å². The van der Waals surface area contributed by atoms with E-state index in [2.05, 4.69) is 16.0 Å². The first-order valence-electron chi connectivity index (χ1n) is 14.8. The number of hydrogen-bond acceptors (Lipinski definition) is 4. The highest BCUT2D eigenvalue weighted by Gasteiger charge is 2.17. The number of benzene rings is 5. The number of hydrogen-bond donors (Lipinski definition) is 3. The van der Waals surface area contributed by atoms with Crippen molar-refractivity contribution in [2.75, 3.05) is 17.2 Å². The van der Waals surface area contributed by atoms with E-state index < -0.39 is 11.8 Å². The van der Waals surface area contributed by atoms with Gasteiger partial charge < -0.3 is 16.0 Å². The molecule has 0 aliphatic carbocycles. The highest BCUT2D eigenvalue weighted by Crippen LogP contribution is 2.25. The molecule has 5 aromatic rings. The lowest BCUT2D eigenvalue weighted by molar-refractivity contribution is -0.121. The number of carbonyl (C=O) groups excluding carboxylic acids is 4. The molecule has 0 spiro atoms. The lowest BCUT2D eigenvalue weighted by Gasteiger charge is -2.14. The van der Waals surface area contributed by atoms with Crippen molar-refractivity contribution in [3.8, 4) is 11.1 Å². The summed E-state index contributed by atoms with van der Waals surface area (Å²) < 4.78 is 0. The Hall–Kier alpha value is -6.08. The Morgan fingerprint density at radius 2 is 1.30 bits per heavy atom. The first-order chi connectivity index (χ1) is 22.3. The van der Waals surface area contributed by atoms with Gasteiger partial charge in [0.05, 0.1) is 18.7 Å². The Bertz CT molecular complexity index is 1870. The Kier molecular flexibility index (Phi) is 10.3. The summed E-state index contributed by atoms with van der Waals surface area (Å²) in [5.74, 6) is -1.47. The second-order valence-corrected chi connectivity index (χ2v) is 10.8. The average molecular weight is 608 g/mol. The number of rotatable bonds is 11. The minimum absolute atomic E-state index is 0.144. The van der Waals surface area contributed by atoms with E-state index in [4.69, 9.17) is 0 Å². The van der Waals surface area contributed by atoms with Crippen molar-refractivity contribution in [3.63, 3.8) is 0 Å². The van der Waals surface area contributed by atoms with Crippen LogP contribution in [0.4, 0.5) is 11.4 Å². The number of ketones is 1. The predicted molar refractivity (Wildman–Crippen MR) is 182 cm³/mol. The molecule has 0 bridgehead atoms. The van der Waals surface area contributed by atoms with Gasteiger partial charge in [-0.25, -0.2) is 0 Å². The van der Waals surface area contributed by atoms with Crippen LogP contribution < -0.4 is 16.0 Å². The van der Waals surface area contributed by atoms with Gasteiger partial charge >= 0.3 is 0 Å². The zero-order chi connectivity index (χ0) is 32.3. The minimum atomic E-state index is -0.469.